The molecule has 7 heteroatoms. The molecule has 0 radical (unpaired) electrons. The third-order valence-corrected chi connectivity index (χ3v) is 6.46. The third kappa shape index (κ3) is 4.28. The molecule has 1 atom stereocenters. The lowest BCUT2D eigenvalue weighted by atomic mass is 10.2. The highest BCUT2D eigenvalue weighted by Gasteiger charge is 2.24. The Bertz CT molecular complexity index is 668. The van der Waals surface area contributed by atoms with Crippen molar-refractivity contribution >= 4 is 27.7 Å². The van der Waals surface area contributed by atoms with E-state index in [0.717, 1.165) is 30.8 Å². The highest BCUT2D eigenvalue weighted by Crippen LogP contribution is 2.26. The van der Waals surface area contributed by atoms with E-state index < -0.39 is 10.0 Å². The van der Waals surface area contributed by atoms with Gasteiger partial charge in [-0.2, -0.15) is 0 Å². The van der Waals surface area contributed by atoms with Crippen LogP contribution in [-0.4, -0.2) is 44.6 Å². The van der Waals surface area contributed by atoms with E-state index in [2.05, 4.69) is 4.72 Å². The van der Waals surface area contributed by atoms with Crippen molar-refractivity contribution in [2.75, 3.05) is 19.3 Å². The number of sulfonamides is 1. The minimum absolute atomic E-state index is 0.0764. The average molecular weight is 357 g/mol. The molecular formula is C16H24N2O3S2. The predicted molar refractivity (Wildman–Crippen MR) is 93.4 cm³/mol. The highest BCUT2D eigenvalue weighted by atomic mass is 32.2. The Balaban J connectivity index is 2.36. The fourth-order valence-electron chi connectivity index (χ4n) is 2.53. The zero-order chi connectivity index (χ0) is 17.0. The molecule has 128 valence electrons. The van der Waals surface area contributed by atoms with Gasteiger partial charge in [0.15, 0.2) is 0 Å². The van der Waals surface area contributed by atoms with Gasteiger partial charge in [0.25, 0.3) is 5.91 Å². The number of hydrogen-bond acceptors (Lipinski definition) is 4. The third-order valence-electron chi connectivity index (χ3n) is 4.07. The van der Waals surface area contributed by atoms with Crippen LogP contribution in [0.5, 0.6) is 0 Å². The lowest BCUT2D eigenvalue weighted by Gasteiger charge is -2.18. The van der Waals surface area contributed by atoms with Crippen LogP contribution in [0.15, 0.2) is 28.0 Å². The van der Waals surface area contributed by atoms with Gasteiger partial charge in [0, 0.05) is 24.0 Å². The van der Waals surface area contributed by atoms with Crippen LogP contribution in [0.1, 0.15) is 43.5 Å². The normalized spacial score (nSPS) is 16.6. The van der Waals surface area contributed by atoms with Gasteiger partial charge < -0.3 is 4.90 Å². The van der Waals surface area contributed by atoms with Crippen LogP contribution in [0.25, 0.3) is 0 Å². The van der Waals surface area contributed by atoms with Gasteiger partial charge in [-0.15, -0.1) is 11.8 Å². The summed E-state index contributed by atoms with van der Waals surface area (Å²) in [7, 11) is -3.61. The number of nitrogens with zero attached hydrogens (tertiary/aromatic N) is 1. The van der Waals surface area contributed by atoms with E-state index in [-0.39, 0.29) is 16.8 Å². The quantitative estimate of drug-likeness (QED) is 0.796. The lowest BCUT2D eigenvalue weighted by Crippen LogP contribution is -2.32. The van der Waals surface area contributed by atoms with Crippen molar-refractivity contribution in [1.82, 2.24) is 9.62 Å². The largest absolute Gasteiger partial charge is 0.339 e. The van der Waals surface area contributed by atoms with E-state index in [1.165, 1.54) is 17.8 Å². The number of amides is 1. The van der Waals surface area contributed by atoms with Crippen LogP contribution >= 0.6 is 11.8 Å². The minimum Gasteiger partial charge on any atom is -0.339 e. The number of thioether (sulfide) groups is 1. The number of nitrogens with one attached hydrogen (secondary N) is 1. The molecule has 0 spiro atoms. The first-order valence-electron chi connectivity index (χ1n) is 7.88. The van der Waals surface area contributed by atoms with Crippen molar-refractivity contribution in [1.29, 1.82) is 0 Å². The van der Waals surface area contributed by atoms with Gasteiger partial charge >= 0.3 is 0 Å². The maximum atomic E-state index is 12.7. The molecule has 1 fully saturated rings. The summed E-state index contributed by atoms with van der Waals surface area (Å²) in [6.07, 6.45) is 4.62. The van der Waals surface area contributed by atoms with E-state index in [9.17, 15) is 13.2 Å². The molecule has 0 saturated carbocycles. The van der Waals surface area contributed by atoms with Crippen LogP contribution in [-0.2, 0) is 10.0 Å². The predicted octanol–water partition coefficient (Wildman–Crippen LogP) is 2.72. The molecule has 1 heterocycles. The summed E-state index contributed by atoms with van der Waals surface area (Å²) in [5.41, 5.74) is 0.478. The molecule has 0 bridgehead atoms. The van der Waals surface area contributed by atoms with Gasteiger partial charge in [0.05, 0.1) is 10.5 Å². The van der Waals surface area contributed by atoms with Gasteiger partial charge in [0.1, 0.15) is 0 Å². The summed E-state index contributed by atoms with van der Waals surface area (Å²) in [6.45, 7) is 5.24. The molecule has 1 aromatic carbocycles. The van der Waals surface area contributed by atoms with Crippen LogP contribution in [0.4, 0.5) is 0 Å². The first-order chi connectivity index (χ1) is 10.9. The van der Waals surface area contributed by atoms with E-state index in [4.69, 9.17) is 0 Å². The van der Waals surface area contributed by atoms with Crippen LogP contribution in [0, 0.1) is 0 Å². The fourth-order valence-corrected chi connectivity index (χ4v) is 4.45. The Kier molecular flexibility index (Phi) is 6.11. The monoisotopic (exact) mass is 356 g/mol. The second-order valence-corrected chi connectivity index (χ2v) is 8.35. The Morgan fingerprint density at radius 1 is 1.35 bits per heavy atom. The Morgan fingerprint density at radius 2 is 2.00 bits per heavy atom. The highest BCUT2D eigenvalue weighted by molar-refractivity contribution is 7.98. The average Bonchev–Trinajstić information content (AvgIpc) is 3.07. The van der Waals surface area contributed by atoms with Crippen molar-refractivity contribution in [3.05, 3.63) is 23.8 Å². The maximum Gasteiger partial charge on any atom is 0.255 e. The summed E-state index contributed by atoms with van der Waals surface area (Å²) in [4.78, 5) is 15.4. The number of carbonyl (C=O) groups excluding carboxylic acids is 1. The summed E-state index contributed by atoms with van der Waals surface area (Å²) in [5, 5.41) is 0. The topological polar surface area (TPSA) is 66.5 Å². The van der Waals surface area contributed by atoms with Gasteiger partial charge in [-0.1, -0.05) is 6.92 Å². The van der Waals surface area contributed by atoms with Crippen LogP contribution in [0.3, 0.4) is 0 Å². The Hall–Kier alpha value is -1.05. The van der Waals surface area contributed by atoms with E-state index in [1.54, 1.807) is 17.0 Å². The minimum atomic E-state index is -3.61. The van der Waals surface area contributed by atoms with Crippen molar-refractivity contribution < 1.29 is 13.2 Å². The fraction of sp³-hybridized carbons (Fsp3) is 0.562. The second kappa shape index (κ2) is 7.68. The zero-order valence-corrected chi connectivity index (χ0v) is 15.5. The molecule has 1 amide bonds. The molecule has 0 unspecified atom stereocenters. The first-order valence-corrected chi connectivity index (χ1v) is 10.6. The molecule has 0 aliphatic carbocycles. The Labute approximate surface area is 142 Å². The first kappa shape index (κ1) is 18.3. The molecule has 5 nitrogen and oxygen atoms in total. The smallest absolute Gasteiger partial charge is 0.255 e. The summed E-state index contributed by atoms with van der Waals surface area (Å²) < 4.78 is 27.5. The number of rotatable bonds is 6. The summed E-state index contributed by atoms with van der Waals surface area (Å²) in [6, 6.07) is 4.66. The second-order valence-electron chi connectivity index (χ2n) is 5.79. The summed E-state index contributed by atoms with van der Waals surface area (Å²) in [5.74, 6) is -0.0764. The van der Waals surface area contributed by atoms with E-state index in [1.807, 2.05) is 20.1 Å². The van der Waals surface area contributed by atoms with Crippen molar-refractivity contribution in [2.45, 2.75) is 48.9 Å². The van der Waals surface area contributed by atoms with Crippen LogP contribution < -0.4 is 4.72 Å². The maximum absolute atomic E-state index is 12.7. The van der Waals surface area contributed by atoms with E-state index in [0.29, 0.717) is 12.0 Å². The summed E-state index contributed by atoms with van der Waals surface area (Å²) >= 11 is 1.46. The number of carbonyl (C=O) groups is 1. The number of hydrogen-bond donors (Lipinski definition) is 1. The standard InChI is InChI=1S/C16H24N2O3S2/c1-4-12(2)17-23(20,21)13-7-8-15(22-3)14(11-13)16(19)18-9-5-6-10-18/h7-8,11-12,17H,4-6,9-10H2,1-3H3/t12-/m0/s1. The molecule has 2 rings (SSSR count). The lowest BCUT2D eigenvalue weighted by molar-refractivity contribution is 0.0789. The molecule has 1 N–H and O–H groups in total. The molecule has 0 aromatic heterocycles. The van der Waals surface area contributed by atoms with Crippen molar-refractivity contribution in [3.63, 3.8) is 0 Å². The molecular weight excluding hydrogens is 332 g/mol. The van der Waals surface area contributed by atoms with Crippen molar-refractivity contribution in [2.24, 2.45) is 0 Å². The number of benzene rings is 1. The molecule has 1 saturated heterocycles. The van der Waals surface area contributed by atoms with Crippen LogP contribution in [0.2, 0.25) is 0 Å². The van der Waals surface area contributed by atoms with Gasteiger partial charge in [-0.05, 0) is 50.6 Å². The SMILES string of the molecule is CC[C@H](C)NS(=O)(=O)c1ccc(SC)c(C(=O)N2CCCC2)c1. The molecule has 1 aliphatic rings. The Morgan fingerprint density at radius 3 is 2.57 bits per heavy atom. The number of likely N-dealkylation sites (tertiary alicyclic amines) is 1. The van der Waals surface area contributed by atoms with E-state index >= 15 is 0 Å². The van der Waals surface area contributed by atoms with Gasteiger partial charge in [0.2, 0.25) is 10.0 Å². The zero-order valence-electron chi connectivity index (χ0n) is 13.8. The van der Waals surface area contributed by atoms with Gasteiger partial charge in [-0.3, -0.25) is 4.79 Å². The molecule has 1 aromatic rings. The molecule has 1 aliphatic heterocycles. The van der Waals surface area contributed by atoms with Crippen molar-refractivity contribution in [3.8, 4) is 0 Å². The molecule has 23 heavy (non-hydrogen) atoms. The van der Waals surface area contributed by atoms with Gasteiger partial charge in [-0.25, -0.2) is 13.1 Å².